The van der Waals surface area contributed by atoms with E-state index in [0.717, 1.165) is 35.8 Å². The van der Waals surface area contributed by atoms with Gasteiger partial charge in [-0.3, -0.25) is 0 Å². The molecule has 21 heavy (non-hydrogen) atoms. The summed E-state index contributed by atoms with van der Waals surface area (Å²) in [5.41, 5.74) is 3.02. The number of benzene rings is 1. The predicted octanol–water partition coefficient (Wildman–Crippen LogP) is 3.74. The van der Waals surface area contributed by atoms with E-state index < -0.39 is 0 Å². The lowest BCUT2D eigenvalue weighted by Crippen LogP contribution is -2.00. The Morgan fingerprint density at radius 3 is 3.00 bits per heavy atom. The number of nitrogens with zero attached hydrogens (tertiary/aromatic N) is 2. The number of pyridine rings is 1. The summed E-state index contributed by atoms with van der Waals surface area (Å²) in [6, 6.07) is 14.0. The fourth-order valence-electron chi connectivity index (χ4n) is 2.18. The van der Waals surface area contributed by atoms with Gasteiger partial charge in [-0.1, -0.05) is 19.1 Å². The van der Waals surface area contributed by atoms with Crippen LogP contribution in [0.25, 0.3) is 5.65 Å². The predicted molar refractivity (Wildman–Crippen MR) is 84.7 cm³/mol. The van der Waals surface area contributed by atoms with Gasteiger partial charge in [-0.25, -0.2) is 4.98 Å². The quantitative estimate of drug-likeness (QED) is 0.748. The zero-order valence-electron chi connectivity index (χ0n) is 12.1. The lowest BCUT2D eigenvalue weighted by molar-refractivity contribution is 0.317. The van der Waals surface area contributed by atoms with Crippen LogP contribution in [0.4, 0.5) is 5.69 Å². The van der Waals surface area contributed by atoms with Crippen molar-refractivity contribution in [1.82, 2.24) is 9.38 Å². The Morgan fingerprint density at radius 2 is 2.14 bits per heavy atom. The lowest BCUT2D eigenvalue weighted by Gasteiger charge is -2.08. The van der Waals surface area contributed by atoms with Crippen LogP contribution in [0.15, 0.2) is 54.9 Å². The van der Waals surface area contributed by atoms with Crippen molar-refractivity contribution in [1.29, 1.82) is 0 Å². The summed E-state index contributed by atoms with van der Waals surface area (Å²) in [6.07, 6.45) is 5.06. The van der Waals surface area contributed by atoms with Gasteiger partial charge in [0.25, 0.3) is 0 Å². The normalized spacial score (nSPS) is 10.7. The fourth-order valence-corrected chi connectivity index (χ4v) is 2.18. The highest BCUT2D eigenvalue weighted by molar-refractivity contribution is 5.48. The second-order valence-electron chi connectivity index (χ2n) is 4.93. The summed E-state index contributed by atoms with van der Waals surface area (Å²) < 4.78 is 7.66. The number of anilines is 1. The van der Waals surface area contributed by atoms with Gasteiger partial charge in [0.15, 0.2) is 0 Å². The molecule has 4 nitrogen and oxygen atoms in total. The molecular weight excluding hydrogens is 262 g/mol. The molecule has 0 saturated heterocycles. The van der Waals surface area contributed by atoms with E-state index in [1.54, 1.807) is 0 Å². The third-order valence-corrected chi connectivity index (χ3v) is 3.19. The van der Waals surface area contributed by atoms with Gasteiger partial charge < -0.3 is 14.5 Å². The van der Waals surface area contributed by atoms with Crippen molar-refractivity contribution in [3.05, 3.63) is 60.6 Å². The van der Waals surface area contributed by atoms with Crippen molar-refractivity contribution < 1.29 is 4.74 Å². The zero-order chi connectivity index (χ0) is 14.5. The van der Waals surface area contributed by atoms with Crippen molar-refractivity contribution in [3.63, 3.8) is 0 Å². The first-order valence-corrected chi connectivity index (χ1v) is 7.24. The van der Waals surface area contributed by atoms with Gasteiger partial charge in [0.05, 0.1) is 18.8 Å². The maximum Gasteiger partial charge on any atom is 0.137 e. The minimum absolute atomic E-state index is 0.693. The topological polar surface area (TPSA) is 38.6 Å². The highest BCUT2D eigenvalue weighted by Crippen LogP contribution is 2.18. The Bertz CT molecular complexity index is 688. The Kier molecular flexibility index (Phi) is 4.05. The molecule has 0 aliphatic carbocycles. The lowest BCUT2D eigenvalue weighted by atomic mass is 10.3. The molecule has 0 atom stereocenters. The number of imidazole rings is 1. The molecule has 108 valence electrons. The van der Waals surface area contributed by atoms with Crippen LogP contribution >= 0.6 is 0 Å². The van der Waals surface area contributed by atoms with Crippen molar-refractivity contribution in [2.24, 2.45) is 0 Å². The fraction of sp³-hybridized carbons (Fsp3) is 0.235. The second kappa shape index (κ2) is 6.31. The van der Waals surface area contributed by atoms with Crippen LogP contribution in [0, 0.1) is 0 Å². The highest BCUT2D eigenvalue weighted by Gasteiger charge is 2.01. The second-order valence-corrected chi connectivity index (χ2v) is 4.93. The van der Waals surface area contributed by atoms with Crippen LogP contribution in [-0.4, -0.2) is 16.0 Å². The van der Waals surface area contributed by atoms with Gasteiger partial charge in [0.1, 0.15) is 11.4 Å². The van der Waals surface area contributed by atoms with Crippen molar-refractivity contribution in [2.45, 2.75) is 19.9 Å². The van der Waals surface area contributed by atoms with E-state index in [1.807, 2.05) is 59.3 Å². The molecule has 0 amide bonds. The SMILES string of the molecule is CCCOc1cccc(NCc2cn3ccccc3n2)c1. The molecule has 0 unspecified atom stereocenters. The maximum absolute atomic E-state index is 5.64. The van der Waals surface area contributed by atoms with Crippen LogP contribution < -0.4 is 10.1 Å². The van der Waals surface area contributed by atoms with Gasteiger partial charge >= 0.3 is 0 Å². The summed E-state index contributed by atoms with van der Waals surface area (Å²) in [4.78, 5) is 4.57. The van der Waals surface area contributed by atoms with E-state index in [9.17, 15) is 0 Å². The molecule has 0 saturated carbocycles. The van der Waals surface area contributed by atoms with Gasteiger partial charge in [0, 0.05) is 24.1 Å². The molecular formula is C17H19N3O. The standard InChI is InChI=1S/C17H19N3O/c1-2-10-21-16-7-5-6-14(11-16)18-12-15-13-20-9-4-3-8-17(20)19-15/h3-9,11,13,18H,2,10,12H2,1H3. The molecule has 0 aliphatic rings. The van der Waals surface area contributed by atoms with Crippen LogP contribution in [0.1, 0.15) is 19.0 Å². The minimum atomic E-state index is 0.693. The minimum Gasteiger partial charge on any atom is -0.494 e. The van der Waals surface area contributed by atoms with Crippen molar-refractivity contribution in [3.8, 4) is 5.75 Å². The summed E-state index contributed by atoms with van der Waals surface area (Å²) in [5, 5.41) is 3.38. The van der Waals surface area contributed by atoms with Gasteiger partial charge in [-0.15, -0.1) is 0 Å². The van der Waals surface area contributed by atoms with E-state index in [2.05, 4.69) is 17.2 Å². The third kappa shape index (κ3) is 3.34. The van der Waals surface area contributed by atoms with Gasteiger partial charge in [0.2, 0.25) is 0 Å². The monoisotopic (exact) mass is 281 g/mol. The summed E-state index contributed by atoms with van der Waals surface area (Å²) >= 11 is 0. The van der Waals surface area contributed by atoms with Crippen molar-refractivity contribution >= 4 is 11.3 Å². The summed E-state index contributed by atoms with van der Waals surface area (Å²) in [6.45, 7) is 3.54. The Morgan fingerprint density at radius 1 is 1.19 bits per heavy atom. The summed E-state index contributed by atoms with van der Waals surface area (Å²) in [5.74, 6) is 0.900. The Hall–Kier alpha value is -2.49. The molecule has 3 aromatic rings. The molecule has 0 spiro atoms. The number of hydrogen-bond acceptors (Lipinski definition) is 3. The van der Waals surface area contributed by atoms with Crippen LogP contribution in [0.3, 0.4) is 0 Å². The highest BCUT2D eigenvalue weighted by atomic mass is 16.5. The van der Waals surface area contributed by atoms with Crippen LogP contribution in [0.2, 0.25) is 0 Å². The molecule has 0 aliphatic heterocycles. The first-order chi connectivity index (χ1) is 10.3. The Balaban J connectivity index is 1.66. The van der Waals surface area contributed by atoms with Gasteiger partial charge in [-0.2, -0.15) is 0 Å². The summed E-state index contributed by atoms with van der Waals surface area (Å²) in [7, 11) is 0. The average Bonchev–Trinajstić information content (AvgIpc) is 2.94. The maximum atomic E-state index is 5.64. The zero-order valence-corrected chi connectivity index (χ0v) is 12.1. The van der Waals surface area contributed by atoms with E-state index in [4.69, 9.17) is 4.74 Å². The third-order valence-electron chi connectivity index (χ3n) is 3.19. The van der Waals surface area contributed by atoms with E-state index in [-0.39, 0.29) is 0 Å². The number of ether oxygens (including phenoxy) is 1. The molecule has 3 rings (SSSR count). The first kappa shape index (κ1) is 13.5. The molecule has 2 heterocycles. The molecule has 2 aromatic heterocycles. The van der Waals surface area contributed by atoms with Crippen LogP contribution in [0.5, 0.6) is 5.75 Å². The van der Waals surface area contributed by atoms with Crippen molar-refractivity contribution in [2.75, 3.05) is 11.9 Å². The van der Waals surface area contributed by atoms with Crippen LogP contribution in [-0.2, 0) is 6.54 Å². The number of fused-ring (bicyclic) bond motifs is 1. The molecule has 0 bridgehead atoms. The smallest absolute Gasteiger partial charge is 0.137 e. The largest absolute Gasteiger partial charge is 0.494 e. The average molecular weight is 281 g/mol. The number of rotatable bonds is 6. The first-order valence-electron chi connectivity index (χ1n) is 7.24. The molecule has 0 radical (unpaired) electrons. The van der Waals surface area contributed by atoms with E-state index in [0.29, 0.717) is 6.54 Å². The van der Waals surface area contributed by atoms with Gasteiger partial charge in [-0.05, 0) is 30.7 Å². The van der Waals surface area contributed by atoms with E-state index >= 15 is 0 Å². The molecule has 4 heteroatoms. The molecule has 0 fully saturated rings. The number of hydrogen-bond donors (Lipinski definition) is 1. The molecule has 1 N–H and O–H groups in total. The Labute approximate surface area is 124 Å². The number of aromatic nitrogens is 2. The number of nitrogens with one attached hydrogen (secondary N) is 1. The molecule has 1 aromatic carbocycles. The van der Waals surface area contributed by atoms with E-state index in [1.165, 1.54) is 0 Å².